The number of hydrogen-bond donors (Lipinski definition) is 1. The van der Waals surface area contributed by atoms with Crippen LogP contribution in [0.15, 0.2) is 158 Å². The maximum atomic E-state index is 12.4. The zero-order valence-corrected chi connectivity index (χ0v) is 44.6. The van der Waals surface area contributed by atoms with Gasteiger partial charge in [0.2, 0.25) is 0 Å². The van der Waals surface area contributed by atoms with E-state index in [4.69, 9.17) is 9.97 Å². The van der Waals surface area contributed by atoms with Crippen molar-refractivity contribution in [3.8, 4) is 78.6 Å². The topological polar surface area (TPSA) is 50.9 Å². The largest absolute Gasteiger partial charge is 0.507 e. The molecule has 0 bridgehead atoms. The normalized spacial score (nSPS) is 13.1. The van der Waals surface area contributed by atoms with Crippen LogP contribution in [0.25, 0.3) is 83.9 Å². The second-order valence-electron chi connectivity index (χ2n) is 20.8. The Morgan fingerprint density at radius 2 is 1.20 bits per heavy atom. The number of nitrogens with zero attached hydrogens (tertiary/aromatic N) is 3. The summed E-state index contributed by atoms with van der Waals surface area (Å²) in [7, 11) is 0. The van der Waals surface area contributed by atoms with E-state index < -0.39 is 12.7 Å². The maximum Gasteiger partial charge on any atom is 0.149 e. The standard InChI is InChI=1S/C65H67N3O.Pt/c1-39(2)49-36-56(42(7)8)63(69)57(37-49)64-67-62-55(22-17-23-60(62)68(64)59-29-28-48(32-43(59)9)61-53(40(3)4)20-16-21-54(61)41(5)6)50-33-51(35-52(34-50)65(10,11)12)58-38-47(30-31-66-58)46-26-24-45(25-27-46)44-18-14-13-15-19-44;/h13-42,69H,1-12H3;/i9D3,40D;. The van der Waals surface area contributed by atoms with E-state index >= 15 is 0 Å². The quantitative estimate of drug-likeness (QED) is 0.140. The van der Waals surface area contributed by atoms with Gasteiger partial charge in [-0.3, -0.25) is 9.55 Å². The molecule has 7 aromatic carbocycles. The molecule has 9 rings (SSSR count). The van der Waals surface area contributed by atoms with Gasteiger partial charge in [0.25, 0.3) is 0 Å². The van der Waals surface area contributed by atoms with Crippen LogP contribution in [-0.2, 0) is 26.5 Å². The summed E-state index contributed by atoms with van der Waals surface area (Å²) in [5, 5.41) is 12.4. The van der Waals surface area contributed by atoms with Crippen LogP contribution in [0.3, 0.4) is 0 Å². The third-order valence-corrected chi connectivity index (χ3v) is 13.7. The van der Waals surface area contributed by atoms with Crippen LogP contribution in [0.5, 0.6) is 5.75 Å². The van der Waals surface area contributed by atoms with Gasteiger partial charge < -0.3 is 5.11 Å². The average molecular weight is 1110 g/mol. The van der Waals surface area contributed by atoms with Crippen molar-refractivity contribution in [3.05, 3.63) is 191 Å². The van der Waals surface area contributed by atoms with Crippen molar-refractivity contribution in [1.82, 2.24) is 14.5 Å². The summed E-state index contributed by atoms with van der Waals surface area (Å²) in [6, 6.07) is 51.8. The molecular formula is C65H67N3OPt. The van der Waals surface area contributed by atoms with E-state index in [9.17, 15) is 10.6 Å². The number of benzene rings is 7. The van der Waals surface area contributed by atoms with E-state index in [2.05, 4.69) is 159 Å². The minimum Gasteiger partial charge on any atom is -0.507 e. The second kappa shape index (κ2) is 20.2. The molecule has 1 N–H and O–H groups in total. The zero-order chi connectivity index (χ0) is 52.3. The molecule has 0 atom stereocenters. The van der Waals surface area contributed by atoms with Crippen molar-refractivity contribution < 1.29 is 31.7 Å². The molecule has 2 heterocycles. The third-order valence-electron chi connectivity index (χ3n) is 13.7. The van der Waals surface area contributed by atoms with Crippen molar-refractivity contribution in [2.24, 2.45) is 0 Å². The first-order valence-corrected chi connectivity index (χ1v) is 24.4. The predicted octanol–water partition coefficient (Wildman–Crippen LogP) is 18.2. The number of phenolic OH excluding ortho intramolecular Hbond substituents is 1. The molecule has 4 nitrogen and oxygen atoms in total. The Hall–Kier alpha value is -6.35. The fraction of sp³-hybridized carbons (Fsp3) is 0.262. The number of fused-ring (bicyclic) bond motifs is 1. The molecule has 0 spiro atoms. The average Bonchev–Trinajstić information content (AvgIpc) is 3.75. The Bertz CT molecular complexity index is 3500. The molecule has 9 aromatic rings. The summed E-state index contributed by atoms with van der Waals surface area (Å²) < 4.78 is 38.7. The Morgan fingerprint density at radius 1 is 0.557 bits per heavy atom. The molecule has 0 unspecified atom stereocenters. The number of aromatic hydroxyl groups is 1. The minimum absolute atomic E-state index is 0. The van der Waals surface area contributed by atoms with Gasteiger partial charge in [0.1, 0.15) is 11.6 Å². The van der Waals surface area contributed by atoms with Crippen molar-refractivity contribution in [3.63, 3.8) is 0 Å². The fourth-order valence-corrected chi connectivity index (χ4v) is 9.68. The number of aryl methyl sites for hydroxylation is 1. The summed E-state index contributed by atoms with van der Waals surface area (Å²) in [4.78, 5) is 10.5. The summed E-state index contributed by atoms with van der Waals surface area (Å²) in [6.07, 6.45) is 1.88. The van der Waals surface area contributed by atoms with Gasteiger partial charge in [-0.15, -0.1) is 0 Å². The Kier molecular flexibility index (Phi) is 12.9. The van der Waals surface area contributed by atoms with E-state index in [-0.39, 0.29) is 55.5 Å². The predicted molar refractivity (Wildman–Crippen MR) is 293 cm³/mol. The van der Waals surface area contributed by atoms with Crippen LogP contribution in [0.2, 0.25) is 0 Å². The number of phenols is 1. The van der Waals surface area contributed by atoms with Crippen LogP contribution in [0, 0.1) is 6.85 Å². The third kappa shape index (κ3) is 9.73. The van der Waals surface area contributed by atoms with E-state index in [1.807, 2.05) is 73.1 Å². The molecule has 358 valence electrons. The van der Waals surface area contributed by atoms with Gasteiger partial charge in [0.15, 0.2) is 0 Å². The molecule has 0 aliphatic heterocycles. The van der Waals surface area contributed by atoms with Crippen molar-refractivity contribution in [1.29, 1.82) is 0 Å². The first-order chi connectivity index (χ1) is 34.5. The molecule has 70 heavy (non-hydrogen) atoms. The van der Waals surface area contributed by atoms with Crippen molar-refractivity contribution in [2.75, 3.05) is 0 Å². The van der Waals surface area contributed by atoms with E-state index in [0.717, 1.165) is 78.0 Å². The molecule has 2 aromatic heterocycles. The number of aromatic nitrogens is 3. The minimum atomic E-state index is -2.56. The molecule has 0 fully saturated rings. The monoisotopic (exact) mass is 1100 g/mol. The van der Waals surface area contributed by atoms with Crippen LogP contribution in [0.4, 0.5) is 0 Å². The van der Waals surface area contributed by atoms with Crippen LogP contribution < -0.4 is 0 Å². The number of para-hydroxylation sites is 1. The Morgan fingerprint density at radius 3 is 1.86 bits per heavy atom. The van der Waals surface area contributed by atoms with Gasteiger partial charge in [0.05, 0.1) is 28.0 Å². The van der Waals surface area contributed by atoms with E-state index in [1.165, 1.54) is 5.56 Å². The van der Waals surface area contributed by atoms with Gasteiger partial charge in [-0.05, 0) is 157 Å². The first-order valence-electron chi connectivity index (χ1n) is 26.4. The maximum absolute atomic E-state index is 12.4. The van der Waals surface area contributed by atoms with Crippen molar-refractivity contribution >= 4 is 11.0 Å². The molecule has 0 aliphatic carbocycles. The van der Waals surface area contributed by atoms with Gasteiger partial charge in [-0.1, -0.05) is 179 Å². The summed E-state index contributed by atoms with van der Waals surface area (Å²) in [6.45, 7) is 20.5. The summed E-state index contributed by atoms with van der Waals surface area (Å²) in [5.41, 5.74) is 16.8. The van der Waals surface area contributed by atoms with Gasteiger partial charge in [0, 0.05) is 43.9 Å². The summed E-state index contributed by atoms with van der Waals surface area (Å²) in [5.74, 6) is -0.128. The molecular weight excluding hydrogens is 1030 g/mol. The smallest absolute Gasteiger partial charge is 0.149 e. The number of hydrogen-bond acceptors (Lipinski definition) is 3. The van der Waals surface area contributed by atoms with E-state index in [0.29, 0.717) is 28.1 Å². The molecule has 0 amide bonds. The van der Waals surface area contributed by atoms with Gasteiger partial charge in [-0.2, -0.15) is 0 Å². The summed E-state index contributed by atoms with van der Waals surface area (Å²) >= 11 is 0. The van der Waals surface area contributed by atoms with E-state index in [1.54, 1.807) is 6.07 Å². The van der Waals surface area contributed by atoms with Crippen LogP contribution >= 0.6 is 0 Å². The fourth-order valence-electron chi connectivity index (χ4n) is 9.68. The van der Waals surface area contributed by atoms with Crippen molar-refractivity contribution in [2.45, 2.75) is 112 Å². The van der Waals surface area contributed by atoms with Gasteiger partial charge >= 0.3 is 0 Å². The molecule has 0 saturated heterocycles. The zero-order valence-electron chi connectivity index (χ0n) is 46.3. The SMILES string of the molecule is [2H]C([2H])([2H])c1cc(-c2c(C(C)C)cccc2C([2H])(C)C)ccc1-n1c(-c2cc(C(C)C)cc(C(C)C)c2O)nc2c(-c3cc(-c4cc(-c5ccc(-c6ccccc6)cc5)ccn4)cc(C(C)(C)C)c3)cccc21.[Pt]. The van der Waals surface area contributed by atoms with Crippen LogP contribution in [0.1, 0.15) is 139 Å². The molecule has 5 heteroatoms. The number of rotatable bonds is 11. The number of pyridine rings is 1. The molecule has 0 radical (unpaired) electrons. The Labute approximate surface area is 436 Å². The van der Waals surface area contributed by atoms with Crippen LogP contribution in [-0.4, -0.2) is 19.6 Å². The Balaban J connectivity index is 0.00000729. The van der Waals surface area contributed by atoms with Gasteiger partial charge in [-0.25, -0.2) is 4.98 Å². The second-order valence-corrected chi connectivity index (χ2v) is 20.8. The molecule has 0 saturated carbocycles. The number of imidazole rings is 1. The first kappa shape index (κ1) is 44.8. The molecule has 0 aliphatic rings.